The van der Waals surface area contributed by atoms with Crippen molar-refractivity contribution in [3.8, 4) is 0 Å². The third-order valence-electron chi connectivity index (χ3n) is 5.46. The molecular formula is C19H28N2O3S. The molecule has 2 aliphatic rings. The molecule has 25 heavy (non-hydrogen) atoms. The molecule has 1 aromatic rings. The van der Waals surface area contributed by atoms with E-state index in [1.54, 1.807) is 0 Å². The van der Waals surface area contributed by atoms with Gasteiger partial charge in [0.25, 0.3) is 0 Å². The molecule has 1 aliphatic heterocycles. The maximum Gasteiger partial charge on any atom is 0.244 e. The van der Waals surface area contributed by atoms with Crippen LogP contribution in [0, 0.1) is 13.8 Å². The largest absolute Gasteiger partial charge is 0.349 e. The van der Waals surface area contributed by atoms with Crippen LogP contribution in [0.3, 0.4) is 0 Å². The van der Waals surface area contributed by atoms with E-state index in [1.165, 1.54) is 49.6 Å². The number of rotatable bonds is 4. The average Bonchev–Trinajstić information content (AvgIpc) is 3.04. The van der Waals surface area contributed by atoms with E-state index in [-0.39, 0.29) is 23.5 Å². The van der Waals surface area contributed by atoms with Crippen molar-refractivity contribution in [3.05, 3.63) is 29.1 Å². The fraction of sp³-hybridized carbons (Fsp3) is 0.632. The molecule has 1 saturated heterocycles. The summed E-state index contributed by atoms with van der Waals surface area (Å²) in [4.78, 5) is 12.1. The van der Waals surface area contributed by atoms with Crippen molar-refractivity contribution in [1.82, 2.24) is 9.88 Å². The first kappa shape index (κ1) is 18.2. The van der Waals surface area contributed by atoms with Crippen molar-refractivity contribution >= 4 is 21.8 Å². The lowest BCUT2D eigenvalue weighted by atomic mass is 9.95. The molecule has 1 aliphatic carbocycles. The molecule has 138 valence electrons. The van der Waals surface area contributed by atoms with Gasteiger partial charge in [-0.25, -0.2) is 8.42 Å². The van der Waals surface area contributed by atoms with Gasteiger partial charge in [0.1, 0.15) is 0 Å². The SMILES string of the molecule is Cc1cc(/C=C/C(=O)NC2CCS(=O)(=O)C2)c(C)n1C1CCCCC1. The van der Waals surface area contributed by atoms with Gasteiger partial charge in [-0.05, 0) is 50.8 Å². The molecule has 1 atom stereocenters. The van der Waals surface area contributed by atoms with E-state index in [0.717, 1.165) is 5.56 Å². The topological polar surface area (TPSA) is 68.2 Å². The molecule has 6 heteroatoms. The van der Waals surface area contributed by atoms with Crippen LogP contribution in [0.15, 0.2) is 12.1 Å². The van der Waals surface area contributed by atoms with Crippen LogP contribution >= 0.6 is 0 Å². The smallest absolute Gasteiger partial charge is 0.244 e. The number of carbonyl (C=O) groups is 1. The van der Waals surface area contributed by atoms with Gasteiger partial charge in [-0.3, -0.25) is 4.79 Å². The molecule has 2 fully saturated rings. The van der Waals surface area contributed by atoms with Crippen molar-refractivity contribution in [2.24, 2.45) is 0 Å². The van der Waals surface area contributed by atoms with Crippen molar-refractivity contribution in [2.75, 3.05) is 11.5 Å². The number of aromatic nitrogens is 1. The van der Waals surface area contributed by atoms with Crippen LogP contribution in [0.25, 0.3) is 6.08 Å². The number of amides is 1. The van der Waals surface area contributed by atoms with Crippen LogP contribution < -0.4 is 5.32 Å². The van der Waals surface area contributed by atoms with Gasteiger partial charge in [0, 0.05) is 29.5 Å². The number of hydrogen-bond donors (Lipinski definition) is 1. The van der Waals surface area contributed by atoms with Crippen LogP contribution in [-0.4, -0.2) is 36.4 Å². The standard InChI is InChI=1S/C19H28N2O3S/c1-14-12-16(15(2)21(14)18-6-4-3-5-7-18)8-9-19(22)20-17-10-11-25(23,24)13-17/h8-9,12,17-18H,3-7,10-11,13H2,1-2H3,(H,20,22)/b9-8+. The highest BCUT2D eigenvalue weighted by atomic mass is 32.2. The maximum atomic E-state index is 12.1. The van der Waals surface area contributed by atoms with E-state index in [1.807, 2.05) is 6.08 Å². The molecule has 5 nitrogen and oxygen atoms in total. The van der Waals surface area contributed by atoms with Crippen molar-refractivity contribution in [3.63, 3.8) is 0 Å². The Bertz CT molecular complexity index is 771. The lowest BCUT2D eigenvalue weighted by Crippen LogP contribution is -2.34. The summed E-state index contributed by atoms with van der Waals surface area (Å²) in [5.41, 5.74) is 3.51. The van der Waals surface area contributed by atoms with E-state index in [9.17, 15) is 13.2 Å². The number of hydrogen-bond acceptors (Lipinski definition) is 3. The third-order valence-corrected chi connectivity index (χ3v) is 7.22. The quantitative estimate of drug-likeness (QED) is 0.835. The normalized spacial score (nSPS) is 24.0. The second-order valence-corrected chi connectivity index (χ2v) is 9.66. The van der Waals surface area contributed by atoms with Crippen LogP contribution in [0.2, 0.25) is 0 Å². The van der Waals surface area contributed by atoms with E-state index in [2.05, 4.69) is 29.8 Å². The van der Waals surface area contributed by atoms with Gasteiger partial charge < -0.3 is 9.88 Å². The molecule has 1 aromatic heterocycles. The van der Waals surface area contributed by atoms with Gasteiger partial charge >= 0.3 is 0 Å². The summed E-state index contributed by atoms with van der Waals surface area (Å²) in [6, 6.07) is 2.46. The van der Waals surface area contributed by atoms with Crippen molar-refractivity contribution in [2.45, 2.75) is 64.5 Å². The summed E-state index contributed by atoms with van der Waals surface area (Å²) >= 11 is 0. The number of nitrogens with one attached hydrogen (secondary N) is 1. The predicted molar refractivity (Wildman–Crippen MR) is 100 cm³/mol. The Kier molecular flexibility index (Phi) is 5.37. The summed E-state index contributed by atoms with van der Waals surface area (Å²) in [7, 11) is -2.97. The zero-order valence-corrected chi connectivity index (χ0v) is 15.9. The van der Waals surface area contributed by atoms with Crippen molar-refractivity contribution < 1.29 is 13.2 Å². The first-order chi connectivity index (χ1) is 11.9. The molecule has 0 radical (unpaired) electrons. The van der Waals surface area contributed by atoms with Gasteiger partial charge in [0.05, 0.1) is 11.5 Å². The molecule has 1 N–H and O–H groups in total. The highest BCUT2D eigenvalue weighted by molar-refractivity contribution is 7.91. The minimum Gasteiger partial charge on any atom is -0.349 e. The molecule has 2 heterocycles. The fourth-order valence-electron chi connectivity index (χ4n) is 4.20. The lowest BCUT2D eigenvalue weighted by Gasteiger charge is -2.26. The molecular weight excluding hydrogens is 336 g/mol. The molecule has 0 spiro atoms. The van der Waals surface area contributed by atoms with Gasteiger partial charge in [0.15, 0.2) is 9.84 Å². The molecule has 1 unspecified atom stereocenters. The zero-order chi connectivity index (χ0) is 18.0. The molecule has 1 amide bonds. The molecule has 0 bridgehead atoms. The maximum absolute atomic E-state index is 12.1. The van der Waals surface area contributed by atoms with Gasteiger partial charge in [-0.1, -0.05) is 19.3 Å². The fourth-order valence-corrected chi connectivity index (χ4v) is 5.87. The van der Waals surface area contributed by atoms with E-state index in [4.69, 9.17) is 0 Å². The first-order valence-electron chi connectivity index (χ1n) is 9.23. The summed E-state index contributed by atoms with van der Waals surface area (Å²) in [5, 5.41) is 2.80. The van der Waals surface area contributed by atoms with E-state index in [0.29, 0.717) is 12.5 Å². The number of sulfone groups is 1. The number of aryl methyl sites for hydroxylation is 1. The molecule has 0 aromatic carbocycles. The van der Waals surface area contributed by atoms with Crippen LogP contribution in [-0.2, 0) is 14.6 Å². The summed E-state index contributed by atoms with van der Waals surface area (Å²) in [6.45, 7) is 4.24. The van der Waals surface area contributed by atoms with Crippen molar-refractivity contribution in [1.29, 1.82) is 0 Å². The Labute approximate surface area is 150 Å². The minimum atomic E-state index is -2.97. The van der Waals surface area contributed by atoms with Gasteiger partial charge in [0.2, 0.25) is 5.91 Å². The van der Waals surface area contributed by atoms with Gasteiger partial charge in [-0.2, -0.15) is 0 Å². The molecule has 3 rings (SSSR count). The second kappa shape index (κ2) is 7.36. The predicted octanol–water partition coefficient (Wildman–Crippen LogP) is 2.93. The van der Waals surface area contributed by atoms with Crippen LogP contribution in [0.4, 0.5) is 0 Å². The number of nitrogens with zero attached hydrogens (tertiary/aromatic N) is 1. The van der Waals surface area contributed by atoms with E-state index >= 15 is 0 Å². The number of carbonyl (C=O) groups excluding carboxylic acids is 1. The summed E-state index contributed by atoms with van der Waals surface area (Å²) in [6.07, 6.45) is 10.3. The summed E-state index contributed by atoms with van der Waals surface area (Å²) < 4.78 is 25.3. The second-order valence-electron chi connectivity index (χ2n) is 7.43. The van der Waals surface area contributed by atoms with Crippen LogP contribution in [0.1, 0.15) is 61.5 Å². The Morgan fingerprint density at radius 3 is 2.56 bits per heavy atom. The van der Waals surface area contributed by atoms with E-state index < -0.39 is 9.84 Å². The Morgan fingerprint density at radius 1 is 1.20 bits per heavy atom. The average molecular weight is 365 g/mol. The first-order valence-corrected chi connectivity index (χ1v) is 11.1. The Hall–Kier alpha value is -1.56. The Morgan fingerprint density at radius 2 is 1.92 bits per heavy atom. The zero-order valence-electron chi connectivity index (χ0n) is 15.1. The monoisotopic (exact) mass is 364 g/mol. The lowest BCUT2D eigenvalue weighted by molar-refractivity contribution is -0.116. The minimum absolute atomic E-state index is 0.0583. The Balaban J connectivity index is 1.66. The van der Waals surface area contributed by atoms with Gasteiger partial charge in [-0.15, -0.1) is 0 Å². The third kappa shape index (κ3) is 4.35. The summed E-state index contributed by atoms with van der Waals surface area (Å²) in [5.74, 6) is 0.0112. The van der Waals surface area contributed by atoms with Crippen LogP contribution in [0.5, 0.6) is 0 Å². The highest BCUT2D eigenvalue weighted by Crippen LogP contribution is 2.32. The highest BCUT2D eigenvalue weighted by Gasteiger charge is 2.28. The molecule has 1 saturated carbocycles.